The van der Waals surface area contributed by atoms with Crippen molar-refractivity contribution in [1.29, 1.82) is 0 Å². The largest absolute Gasteiger partial charge is 0.481 e. The summed E-state index contributed by atoms with van der Waals surface area (Å²) in [5.74, 6) is -5.00. The molecule has 7 nitrogen and oxygen atoms in total. The molecule has 0 aromatic rings. The Hall–Kier alpha value is -1.18. The van der Waals surface area contributed by atoms with Crippen LogP contribution in [-0.2, 0) is 19.1 Å². The number of ether oxygens (including phenoxy) is 2. The van der Waals surface area contributed by atoms with Crippen LogP contribution in [-0.4, -0.2) is 52.4 Å². The van der Waals surface area contributed by atoms with Crippen molar-refractivity contribution in [2.45, 2.75) is 18.3 Å². The third-order valence-corrected chi connectivity index (χ3v) is 1.77. The Bertz CT molecular complexity index is 250. The van der Waals surface area contributed by atoms with E-state index in [0.717, 1.165) is 0 Å². The van der Waals surface area contributed by atoms with Gasteiger partial charge in [0.25, 0.3) is 5.79 Å². The second-order valence-corrected chi connectivity index (χ2v) is 2.86. The SMILES string of the molecule is O=C(O)C[C@]1(C(=O)O)OC[C@H](CO)O1. The molecule has 0 bridgehead atoms. The van der Waals surface area contributed by atoms with Gasteiger partial charge in [-0.2, -0.15) is 0 Å². The molecule has 0 aromatic carbocycles. The standard InChI is InChI=1S/C7H10O7/c8-2-4-3-13-7(14-4,6(11)12)1-5(9)10/h4,8H,1-3H2,(H,9,10)(H,11,12)/t4-,7-/m0/s1. The van der Waals surface area contributed by atoms with E-state index in [1.165, 1.54) is 0 Å². The molecule has 7 heteroatoms. The maximum Gasteiger partial charge on any atom is 0.365 e. The first-order chi connectivity index (χ1) is 6.50. The van der Waals surface area contributed by atoms with Crippen molar-refractivity contribution in [3.8, 4) is 0 Å². The first-order valence-electron chi connectivity index (χ1n) is 3.88. The summed E-state index contributed by atoms with van der Waals surface area (Å²) in [4.78, 5) is 21.1. The fourth-order valence-electron chi connectivity index (χ4n) is 1.13. The van der Waals surface area contributed by atoms with Crippen LogP contribution in [0.4, 0.5) is 0 Å². The molecule has 1 rings (SSSR count). The van der Waals surface area contributed by atoms with E-state index in [9.17, 15) is 9.59 Å². The zero-order valence-electron chi connectivity index (χ0n) is 7.17. The molecule has 0 aliphatic carbocycles. The van der Waals surface area contributed by atoms with Crippen LogP contribution in [0.3, 0.4) is 0 Å². The van der Waals surface area contributed by atoms with Crippen LogP contribution >= 0.6 is 0 Å². The highest BCUT2D eigenvalue weighted by Crippen LogP contribution is 2.27. The number of aliphatic hydroxyl groups is 1. The predicted molar refractivity (Wildman–Crippen MR) is 40.5 cm³/mol. The van der Waals surface area contributed by atoms with Gasteiger partial charge in [0, 0.05) is 0 Å². The van der Waals surface area contributed by atoms with E-state index < -0.39 is 36.9 Å². The lowest BCUT2D eigenvalue weighted by Gasteiger charge is -2.20. The molecule has 1 fully saturated rings. The Kier molecular flexibility index (Phi) is 3.04. The van der Waals surface area contributed by atoms with E-state index >= 15 is 0 Å². The van der Waals surface area contributed by atoms with Crippen LogP contribution in [0, 0.1) is 0 Å². The molecule has 80 valence electrons. The molecule has 2 atom stereocenters. The Morgan fingerprint density at radius 2 is 2.07 bits per heavy atom. The molecule has 1 aliphatic rings. The smallest absolute Gasteiger partial charge is 0.365 e. The average Bonchev–Trinajstić information content (AvgIpc) is 2.48. The minimum Gasteiger partial charge on any atom is -0.481 e. The summed E-state index contributed by atoms with van der Waals surface area (Å²) < 4.78 is 9.57. The van der Waals surface area contributed by atoms with Gasteiger partial charge in [-0.25, -0.2) is 4.79 Å². The highest BCUT2D eigenvalue weighted by molar-refractivity contribution is 5.82. The maximum atomic E-state index is 10.7. The van der Waals surface area contributed by atoms with Crippen LogP contribution in [0.5, 0.6) is 0 Å². The summed E-state index contributed by atoms with van der Waals surface area (Å²) in [6.45, 7) is -0.537. The van der Waals surface area contributed by atoms with E-state index in [1.54, 1.807) is 0 Å². The number of carboxylic acids is 2. The topological polar surface area (TPSA) is 113 Å². The molecule has 0 spiro atoms. The molecule has 1 aliphatic heterocycles. The quantitative estimate of drug-likeness (QED) is 0.521. The van der Waals surface area contributed by atoms with Gasteiger partial charge in [0.2, 0.25) is 0 Å². The van der Waals surface area contributed by atoms with Crippen molar-refractivity contribution in [2.24, 2.45) is 0 Å². The van der Waals surface area contributed by atoms with Crippen molar-refractivity contribution in [3.63, 3.8) is 0 Å². The van der Waals surface area contributed by atoms with E-state index in [0.29, 0.717) is 0 Å². The molecule has 14 heavy (non-hydrogen) atoms. The molecule has 1 heterocycles. The van der Waals surface area contributed by atoms with E-state index in [4.69, 9.17) is 24.8 Å². The number of hydrogen-bond donors (Lipinski definition) is 3. The summed E-state index contributed by atoms with van der Waals surface area (Å²) in [5, 5.41) is 25.9. The molecule has 0 saturated carbocycles. The Morgan fingerprint density at radius 1 is 1.43 bits per heavy atom. The molecule has 3 N–H and O–H groups in total. The zero-order chi connectivity index (χ0) is 10.8. The summed E-state index contributed by atoms with van der Waals surface area (Å²) in [7, 11) is 0. The first kappa shape index (κ1) is 10.9. The number of carboxylic acid groups (broad SMARTS) is 2. The van der Waals surface area contributed by atoms with Crippen molar-refractivity contribution >= 4 is 11.9 Å². The van der Waals surface area contributed by atoms with Gasteiger partial charge in [0.15, 0.2) is 0 Å². The van der Waals surface area contributed by atoms with Gasteiger partial charge in [-0.1, -0.05) is 0 Å². The summed E-state index contributed by atoms with van der Waals surface area (Å²) >= 11 is 0. The van der Waals surface area contributed by atoms with Gasteiger partial charge < -0.3 is 24.8 Å². The molecule has 0 radical (unpaired) electrons. The monoisotopic (exact) mass is 206 g/mol. The minimum atomic E-state index is -2.15. The molecular weight excluding hydrogens is 196 g/mol. The fourth-order valence-corrected chi connectivity index (χ4v) is 1.13. The van der Waals surface area contributed by atoms with Crippen LogP contribution in [0.2, 0.25) is 0 Å². The minimum absolute atomic E-state index is 0.129. The predicted octanol–water partition coefficient (Wildman–Crippen LogP) is -1.35. The average molecular weight is 206 g/mol. The van der Waals surface area contributed by atoms with Gasteiger partial charge in [0.1, 0.15) is 12.5 Å². The second kappa shape index (κ2) is 3.91. The van der Waals surface area contributed by atoms with Crippen LogP contribution < -0.4 is 0 Å². The fraction of sp³-hybridized carbons (Fsp3) is 0.714. The molecule has 0 unspecified atom stereocenters. The van der Waals surface area contributed by atoms with Crippen molar-refractivity contribution < 1.29 is 34.4 Å². The molecule has 0 aromatic heterocycles. The maximum absolute atomic E-state index is 10.7. The number of carbonyl (C=O) groups is 2. The van der Waals surface area contributed by atoms with Gasteiger partial charge in [0.05, 0.1) is 13.2 Å². The normalized spacial score (nSPS) is 31.6. The van der Waals surface area contributed by atoms with Crippen molar-refractivity contribution in [2.75, 3.05) is 13.2 Å². The zero-order valence-corrected chi connectivity index (χ0v) is 7.17. The van der Waals surface area contributed by atoms with Crippen LogP contribution in [0.1, 0.15) is 6.42 Å². The Labute approximate surface area is 78.9 Å². The lowest BCUT2D eigenvalue weighted by molar-refractivity contribution is -0.212. The Morgan fingerprint density at radius 3 is 2.43 bits per heavy atom. The Balaban J connectivity index is 2.75. The third-order valence-electron chi connectivity index (χ3n) is 1.77. The number of rotatable bonds is 4. The van der Waals surface area contributed by atoms with Crippen LogP contribution in [0.15, 0.2) is 0 Å². The molecule has 0 amide bonds. The highest BCUT2D eigenvalue weighted by Gasteiger charge is 2.50. The number of aliphatic hydroxyl groups excluding tert-OH is 1. The van der Waals surface area contributed by atoms with Gasteiger partial charge in [-0.3, -0.25) is 4.79 Å². The van der Waals surface area contributed by atoms with Crippen molar-refractivity contribution in [1.82, 2.24) is 0 Å². The van der Waals surface area contributed by atoms with Gasteiger partial charge >= 0.3 is 11.9 Å². The van der Waals surface area contributed by atoms with E-state index in [1.807, 2.05) is 0 Å². The summed E-state index contributed by atoms with van der Waals surface area (Å²) in [5.41, 5.74) is 0. The first-order valence-corrected chi connectivity index (χ1v) is 3.88. The number of aliphatic carboxylic acids is 2. The number of hydrogen-bond acceptors (Lipinski definition) is 5. The third kappa shape index (κ3) is 2.00. The van der Waals surface area contributed by atoms with Gasteiger partial charge in [-0.05, 0) is 0 Å². The van der Waals surface area contributed by atoms with E-state index in [-0.39, 0.29) is 6.61 Å². The second-order valence-electron chi connectivity index (χ2n) is 2.86. The lowest BCUT2D eigenvalue weighted by atomic mass is 10.2. The van der Waals surface area contributed by atoms with E-state index in [2.05, 4.69) is 0 Å². The molecular formula is C7H10O7. The highest BCUT2D eigenvalue weighted by atomic mass is 16.8. The van der Waals surface area contributed by atoms with Crippen LogP contribution in [0.25, 0.3) is 0 Å². The summed E-state index contributed by atoms with van der Waals surface area (Å²) in [6.07, 6.45) is -1.58. The van der Waals surface area contributed by atoms with Crippen molar-refractivity contribution in [3.05, 3.63) is 0 Å². The lowest BCUT2D eigenvalue weighted by Crippen LogP contribution is -2.42. The summed E-state index contributed by atoms with van der Waals surface area (Å²) in [6, 6.07) is 0. The van der Waals surface area contributed by atoms with Gasteiger partial charge in [-0.15, -0.1) is 0 Å². The molecule has 1 saturated heterocycles.